The van der Waals surface area contributed by atoms with Crippen LogP contribution >= 0.6 is 0 Å². The molecule has 0 aromatic heterocycles. The minimum absolute atomic E-state index is 0.0217. The van der Waals surface area contributed by atoms with Gasteiger partial charge in [-0.05, 0) is 5.56 Å². The van der Waals surface area contributed by atoms with Gasteiger partial charge in [-0.1, -0.05) is 30.3 Å². The number of aliphatic carboxylic acids is 2. The van der Waals surface area contributed by atoms with Gasteiger partial charge in [-0.25, -0.2) is 9.59 Å². The first-order chi connectivity index (χ1) is 8.99. The highest BCUT2D eigenvalue weighted by Gasteiger charge is 2.23. The first-order valence-corrected chi connectivity index (χ1v) is 5.41. The fraction of sp³-hybridized carbons (Fsp3) is 0.250. The zero-order chi connectivity index (χ0) is 14.3. The molecule has 0 saturated heterocycles. The van der Waals surface area contributed by atoms with Crippen LogP contribution in [0.2, 0.25) is 0 Å². The number of ether oxygens (including phenoxy) is 1. The summed E-state index contributed by atoms with van der Waals surface area (Å²) in [5.41, 5.74) is 0.739. The summed E-state index contributed by atoms with van der Waals surface area (Å²) in [6.07, 6.45) is -1.69. The van der Waals surface area contributed by atoms with E-state index in [0.29, 0.717) is 0 Å². The van der Waals surface area contributed by atoms with Crippen LogP contribution in [0.1, 0.15) is 12.0 Å². The molecule has 1 unspecified atom stereocenters. The largest absolute Gasteiger partial charge is 0.481 e. The standard InChI is InChI=1S/C12H13NO6/c14-10(15)6-9(11(16)17)13-12(18)19-7-8-4-2-1-3-5-8/h1-5,9H,6-7H2,(H,13,18)(H,14,15)(H,16,17). The van der Waals surface area contributed by atoms with Crippen LogP contribution < -0.4 is 5.32 Å². The summed E-state index contributed by atoms with van der Waals surface area (Å²) in [4.78, 5) is 32.5. The molecule has 0 radical (unpaired) electrons. The summed E-state index contributed by atoms with van der Waals surface area (Å²) in [7, 11) is 0. The molecule has 3 N–H and O–H groups in total. The normalized spacial score (nSPS) is 11.4. The van der Waals surface area contributed by atoms with E-state index in [4.69, 9.17) is 14.9 Å². The summed E-state index contributed by atoms with van der Waals surface area (Å²) in [5, 5.41) is 19.2. The lowest BCUT2D eigenvalue weighted by molar-refractivity contribution is -0.145. The molecule has 1 rings (SSSR count). The lowest BCUT2D eigenvalue weighted by atomic mass is 10.2. The van der Waals surface area contributed by atoms with Crippen molar-refractivity contribution >= 4 is 18.0 Å². The lowest BCUT2D eigenvalue weighted by Gasteiger charge is -2.12. The maximum atomic E-state index is 11.3. The molecule has 1 atom stereocenters. The SMILES string of the molecule is O=C(O)CC(NC(=O)OCc1ccccc1)C(=O)O. The molecule has 0 aliphatic heterocycles. The Kier molecular flexibility index (Phi) is 5.34. The molecule has 0 aliphatic rings. The molecule has 1 aromatic rings. The van der Waals surface area contributed by atoms with Crippen LogP contribution in [0.3, 0.4) is 0 Å². The second-order valence-corrected chi connectivity index (χ2v) is 3.69. The van der Waals surface area contributed by atoms with Crippen molar-refractivity contribution in [3.05, 3.63) is 35.9 Å². The maximum absolute atomic E-state index is 11.3. The van der Waals surface area contributed by atoms with Gasteiger partial charge in [0.05, 0.1) is 6.42 Å². The molecule has 7 nitrogen and oxygen atoms in total. The number of nitrogens with one attached hydrogen (secondary N) is 1. The Hall–Kier alpha value is -2.57. The average Bonchev–Trinajstić information content (AvgIpc) is 2.36. The predicted molar refractivity (Wildman–Crippen MR) is 63.4 cm³/mol. The minimum Gasteiger partial charge on any atom is -0.481 e. The van der Waals surface area contributed by atoms with Gasteiger partial charge in [0.1, 0.15) is 12.6 Å². The first kappa shape index (κ1) is 14.5. The van der Waals surface area contributed by atoms with Gasteiger partial charge in [-0.2, -0.15) is 0 Å². The monoisotopic (exact) mass is 267 g/mol. The quantitative estimate of drug-likeness (QED) is 0.704. The van der Waals surface area contributed by atoms with E-state index in [1.54, 1.807) is 30.3 Å². The smallest absolute Gasteiger partial charge is 0.408 e. The molecule has 0 fully saturated rings. The predicted octanol–water partition coefficient (Wildman–Crippen LogP) is 0.841. The number of hydrogen-bond acceptors (Lipinski definition) is 4. The average molecular weight is 267 g/mol. The molecular weight excluding hydrogens is 254 g/mol. The number of rotatable bonds is 6. The molecule has 0 spiro atoms. The van der Waals surface area contributed by atoms with E-state index in [1.165, 1.54) is 0 Å². The van der Waals surface area contributed by atoms with Crippen molar-refractivity contribution in [3.8, 4) is 0 Å². The van der Waals surface area contributed by atoms with E-state index < -0.39 is 30.5 Å². The van der Waals surface area contributed by atoms with Crippen LogP contribution in [0.25, 0.3) is 0 Å². The fourth-order valence-corrected chi connectivity index (χ4v) is 1.28. The van der Waals surface area contributed by atoms with E-state index in [9.17, 15) is 14.4 Å². The maximum Gasteiger partial charge on any atom is 0.408 e. The third-order valence-electron chi connectivity index (χ3n) is 2.18. The Balaban J connectivity index is 2.45. The second-order valence-electron chi connectivity index (χ2n) is 3.69. The molecule has 1 amide bonds. The van der Waals surface area contributed by atoms with Crippen molar-refractivity contribution in [3.63, 3.8) is 0 Å². The van der Waals surface area contributed by atoms with Gasteiger partial charge in [0, 0.05) is 0 Å². The van der Waals surface area contributed by atoms with Gasteiger partial charge in [0.15, 0.2) is 0 Å². The fourth-order valence-electron chi connectivity index (χ4n) is 1.28. The van der Waals surface area contributed by atoms with Crippen molar-refractivity contribution in [2.75, 3.05) is 0 Å². The summed E-state index contributed by atoms with van der Waals surface area (Å²) in [6, 6.07) is 7.29. The summed E-state index contributed by atoms with van der Waals surface area (Å²) in [6.45, 7) is -0.0217. The van der Waals surface area contributed by atoms with Crippen LogP contribution in [0.15, 0.2) is 30.3 Å². The van der Waals surface area contributed by atoms with Crippen molar-refractivity contribution in [1.29, 1.82) is 0 Å². The Labute approximate surface area is 108 Å². The van der Waals surface area contributed by atoms with E-state index in [1.807, 2.05) is 5.32 Å². The molecule has 7 heteroatoms. The summed E-state index contributed by atoms with van der Waals surface area (Å²) in [5.74, 6) is -2.75. The topological polar surface area (TPSA) is 113 Å². The molecule has 0 saturated carbocycles. The number of carboxylic acid groups (broad SMARTS) is 2. The molecule has 19 heavy (non-hydrogen) atoms. The number of carbonyl (C=O) groups excluding carboxylic acids is 1. The van der Waals surface area contributed by atoms with Gasteiger partial charge < -0.3 is 20.3 Å². The number of hydrogen-bond donors (Lipinski definition) is 3. The Morgan fingerprint density at radius 3 is 2.32 bits per heavy atom. The van der Waals surface area contributed by atoms with Crippen LogP contribution in [-0.4, -0.2) is 34.3 Å². The van der Waals surface area contributed by atoms with E-state index >= 15 is 0 Å². The highest BCUT2D eigenvalue weighted by Crippen LogP contribution is 2.01. The summed E-state index contributed by atoms with van der Waals surface area (Å²) < 4.78 is 4.78. The third kappa shape index (κ3) is 5.53. The van der Waals surface area contributed by atoms with Gasteiger partial charge in [-0.15, -0.1) is 0 Å². The second kappa shape index (κ2) is 7.00. The molecule has 0 aliphatic carbocycles. The van der Waals surface area contributed by atoms with E-state index in [-0.39, 0.29) is 6.61 Å². The van der Waals surface area contributed by atoms with Gasteiger partial charge in [-0.3, -0.25) is 4.79 Å². The molecule has 102 valence electrons. The van der Waals surface area contributed by atoms with Crippen molar-refractivity contribution in [2.24, 2.45) is 0 Å². The van der Waals surface area contributed by atoms with E-state index in [0.717, 1.165) is 5.56 Å². The third-order valence-corrected chi connectivity index (χ3v) is 2.18. The number of amides is 1. The number of benzene rings is 1. The van der Waals surface area contributed by atoms with Crippen molar-refractivity contribution in [2.45, 2.75) is 19.1 Å². The zero-order valence-electron chi connectivity index (χ0n) is 9.91. The van der Waals surface area contributed by atoms with Crippen LogP contribution in [0, 0.1) is 0 Å². The van der Waals surface area contributed by atoms with Gasteiger partial charge >= 0.3 is 18.0 Å². The zero-order valence-corrected chi connectivity index (χ0v) is 9.91. The van der Waals surface area contributed by atoms with Crippen LogP contribution in [0.5, 0.6) is 0 Å². The Bertz CT molecular complexity index is 459. The highest BCUT2D eigenvalue weighted by molar-refractivity contribution is 5.84. The van der Waals surface area contributed by atoms with Crippen molar-refractivity contribution in [1.82, 2.24) is 5.32 Å². The number of carboxylic acids is 2. The first-order valence-electron chi connectivity index (χ1n) is 5.41. The molecule has 0 bridgehead atoms. The summed E-state index contributed by atoms with van der Waals surface area (Å²) >= 11 is 0. The van der Waals surface area contributed by atoms with Gasteiger partial charge in [0.25, 0.3) is 0 Å². The molecule has 0 heterocycles. The van der Waals surface area contributed by atoms with E-state index in [2.05, 4.69) is 0 Å². The van der Waals surface area contributed by atoms with Crippen LogP contribution in [-0.2, 0) is 20.9 Å². The van der Waals surface area contributed by atoms with Gasteiger partial charge in [0.2, 0.25) is 0 Å². The molecular formula is C12H13NO6. The lowest BCUT2D eigenvalue weighted by Crippen LogP contribution is -2.42. The Morgan fingerprint density at radius 1 is 1.16 bits per heavy atom. The minimum atomic E-state index is -1.51. The molecule has 1 aromatic carbocycles. The van der Waals surface area contributed by atoms with Crippen molar-refractivity contribution < 1.29 is 29.3 Å². The highest BCUT2D eigenvalue weighted by atomic mass is 16.5. The van der Waals surface area contributed by atoms with Crippen LogP contribution in [0.4, 0.5) is 4.79 Å². The number of carbonyl (C=O) groups is 3. The number of alkyl carbamates (subject to hydrolysis) is 1. The Morgan fingerprint density at radius 2 is 1.79 bits per heavy atom.